The van der Waals surface area contributed by atoms with Crippen LogP contribution in [-0.2, 0) is 14.3 Å². The maximum atomic E-state index is 11.4. The third-order valence-electron chi connectivity index (χ3n) is 1.85. The van der Waals surface area contributed by atoms with Crippen molar-refractivity contribution in [2.45, 2.75) is 11.8 Å². The summed E-state index contributed by atoms with van der Waals surface area (Å²) in [7, 11) is 0. The predicted molar refractivity (Wildman–Crippen MR) is 66.8 cm³/mol. The highest BCUT2D eigenvalue weighted by Crippen LogP contribution is 2.15. The topological polar surface area (TPSA) is 55.4 Å². The number of hydrogen-bond donors (Lipinski definition) is 1. The molecule has 1 rings (SSSR count). The summed E-state index contributed by atoms with van der Waals surface area (Å²) in [5.41, 5.74) is 0. The number of hydrogen-bond acceptors (Lipinski definition) is 4. The molecule has 0 unspecified atom stereocenters. The summed E-state index contributed by atoms with van der Waals surface area (Å²) in [5.74, 6) is -0.291. The normalized spacial score (nSPS) is 9.71. The summed E-state index contributed by atoms with van der Waals surface area (Å²) in [6.45, 7) is 1.99. The standard InChI is InChI=1S/C12H15NO3S/c1-2-16-12(15)8-13-11(14)9-17-10-6-4-3-5-7-10/h3-7H,2,8-9H2,1H3,(H,13,14). The zero-order valence-corrected chi connectivity index (χ0v) is 10.5. The van der Waals surface area contributed by atoms with Gasteiger partial charge in [-0.25, -0.2) is 0 Å². The van der Waals surface area contributed by atoms with Crippen molar-refractivity contribution in [3.8, 4) is 0 Å². The van der Waals surface area contributed by atoms with Crippen molar-refractivity contribution in [3.63, 3.8) is 0 Å². The molecule has 1 amide bonds. The van der Waals surface area contributed by atoms with Crippen LogP contribution in [0, 0.1) is 0 Å². The first-order valence-corrected chi connectivity index (χ1v) is 6.31. The number of carbonyl (C=O) groups is 2. The van der Waals surface area contributed by atoms with Gasteiger partial charge in [0.1, 0.15) is 6.54 Å². The molecule has 0 heterocycles. The van der Waals surface area contributed by atoms with E-state index in [0.717, 1.165) is 4.90 Å². The molecule has 0 aliphatic carbocycles. The van der Waals surface area contributed by atoms with Crippen LogP contribution in [0.25, 0.3) is 0 Å². The molecule has 0 radical (unpaired) electrons. The van der Waals surface area contributed by atoms with E-state index in [4.69, 9.17) is 4.74 Å². The highest BCUT2D eigenvalue weighted by atomic mass is 32.2. The van der Waals surface area contributed by atoms with Crippen LogP contribution in [0.4, 0.5) is 0 Å². The Hall–Kier alpha value is -1.49. The molecule has 4 nitrogen and oxygen atoms in total. The van der Waals surface area contributed by atoms with Crippen LogP contribution < -0.4 is 5.32 Å². The van der Waals surface area contributed by atoms with Crippen molar-refractivity contribution in [1.29, 1.82) is 0 Å². The van der Waals surface area contributed by atoms with Gasteiger partial charge in [-0.2, -0.15) is 0 Å². The molecular formula is C12H15NO3S. The lowest BCUT2D eigenvalue weighted by Crippen LogP contribution is -2.31. The van der Waals surface area contributed by atoms with Gasteiger partial charge in [-0.15, -0.1) is 11.8 Å². The van der Waals surface area contributed by atoms with Crippen LogP contribution >= 0.6 is 11.8 Å². The Morgan fingerprint density at radius 1 is 1.29 bits per heavy atom. The maximum Gasteiger partial charge on any atom is 0.325 e. The van der Waals surface area contributed by atoms with Gasteiger partial charge in [0.15, 0.2) is 0 Å². The van der Waals surface area contributed by atoms with E-state index < -0.39 is 5.97 Å². The summed E-state index contributed by atoms with van der Waals surface area (Å²) < 4.78 is 4.69. The van der Waals surface area contributed by atoms with Crippen molar-refractivity contribution in [2.75, 3.05) is 18.9 Å². The Balaban J connectivity index is 2.20. The van der Waals surface area contributed by atoms with Crippen LogP contribution in [0.1, 0.15) is 6.92 Å². The molecule has 1 aromatic carbocycles. The van der Waals surface area contributed by atoms with Gasteiger partial charge >= 0.3 is 5.97 Å². The first-order chi connectivity index (χ1) is 8.22. The van der Waals surface area contributed by atoms with Crippen LogP contribution in [0.5, 0.6) is 0 Å². The van der Waals surface area contributed by atoms with Gasteiger partial charge in [0.2, 0.25) is 5.91 Å². The van der Waals surface area contributed by atoms with Crippen molar-refractivity contribution >= 4 is 23.6 Å². The van der Waals surface area contributed by atoms with E-state index in [0.29, 0.717) is 12.4 Å². The van der Waals surface area contributed by atoms with Crippen LogP contribution in [0.3, 0.4) is 0 Å². The number of esters is 1. The lowest BCUT2D eigenvalue weighted by molar-refractivity contribution is -0.143. The molecule has 1 aromatic rings. The number of amides is 1. The molecule has 0 fully saturated rings. The Labute approximate surface area is 105 Å². The Bertz CT molecular complexity index is 367. The number of ether oxygens (including phenoxy) is 1. The van der Waals surface area contributed by atoms with Crippen LogP contribution in [0.15, 0.2) is 35.2 Å². The number of nitrogens with one attached hydrogen (secondary N) is 1. The van der Waals surface area contributed by atoms with E-state index in [2.05, 4.69) is 5.32 Å². The highest BCUT2D eigenvalue weighted by molar-refractivity contribution is 8.00. The molecule has 0 saturated heterocycles. The molecule has 0 spiro atoms. The smallest absolute Gasteiger partial charge is 0.325 e. The number of rotatable bonds is 6. The Morgan fingerprint density at radius 3 is 2.65 bits per heavy atom. The van der Waals surface area contributed by atoms with Gasteiger partial charge < -0.3 is 10.1 Å². The molecule has 0 saturated carbocycles. The summed E-state index contributed by atoms with van der Waals surface area (Å²) in [4.78, 5) is 23.4. The minimum absolute atomic E-state index is 0.0674. The summed E-state index contributed by atoms with van der Waals surface area (Å²) in [6, 6.07) is 9.62. The lowest BCUT2D eigenvalue weighted by atomic mass is 10.4. The van der Waals surface area contributed by atoms with Gasteiger partial charge in [-0.3, -0.25) is 9.59 Å². The van der Waals surface area contributed by atoms with E-state index in [1.807, 2.05) is 30.3 Å². The second kappa shape index (κ2) is 7.73. The van der Waals surface area contributed by atoms with Gasteiger partial charge in [0.05, 0.1) is 12.4 Å². The summed E-state index contributed by atoms with van der Waals surface area (Å²) >= 11 is 1.43. The fourth-order valence-electron chi connectivity index (χ4n) is 1.10. The first kappa shape index (κ1) is 13.6. The van der Waals surface area contributed by atoms with Crippen LogP contribution in [-0.4, -0.2) is 30.8 Å². The lowest BCUT2D eigenvalue weighted by Gasteiger charge is -2.04. The largest absolute Gasteiger partial charge is 0.465 e. The molecular weight excluding hydrogens is 238 g/mol. The summed E-state index contributed by atoms with van der Waals surface area (Å²) in [5, 5.41) is 2.50. The second-order valence-corrected chi connectivity index (χ2v) is 4.23. The zero-order valence-electron chi connectivity index (χ0n) is 9.64. The molecule has 0 bridgehead atoms. The average molecular weight is 253 g/mol. The molecule has 0 aromatic heterocycles. The van der Waals surface area contributed by atoms with Gasteiger partial charge in [-0.1, -0.05) is 18.2 Å². The van der Waals surface area contributed by atoms with E-state index in [1.165, 1.54) is 11.8 Å². The quantitative estimate of drug-likeness (QED) is 0.616. The fourth-order valence-corrected chi connectivity index (χ4v) is 1.85. The Kier molecular flexibility index (Phi) is 6.17. The minimum atomic E-state index is -0.412. The van der Waals surface area contributed by atoms with Gasteiger partial charge in [0, 0.05) is 4.90 Å². The molecule has 1 N–H and O–H groups in total. The molecule has 5 heteroatoms. The van der Waals surface area contributed by atoms with E-state index >= 15 is 0 Å². The van der Waals surface area contributed by atoms with Crippen LogP contribution in [0.2, 0.25) is 0 Å². The first-order valence-electron chi connectivity index (χ1n) is 5.32. The second-order valence-electron chi connectivity index (χ2n) is 3.18. The minimum Gasteiger partial charge on any atom is -0.465 e. The van der Waals surface area contributed by atoms with E-state index in [1.54, 1.807) is 6.92 Å². The average Bonchev–Trinajstić information content (AvgIpc) is 2.35. The van der Waals surface area contributed by atoms with E-state index in [-0.39, 0.29) is 12.5 Å². The van der Waals surface area contributed by atoms with Crippen molar-refractivity contribution < 1.29 is 14.3 Å². The zero-order chi connectivity index (χ0) is 12.5. The van der Waals surface area contributed by atoms with Gasteiger partial charge in [0.25, 0.3) is 0 Å². The van der Waals surface area contributed by atoms with Crippen molar-refractivity contribution in [3.05, 3.63) is 30.3 Å². The number of benzene rings is 1. The van der Waals surface area contributed by atoms with E-state index in [9.17, 15) is 9.59 Å². The predicted octanol–water partition coefficient (Wildman–Crippen LogP) is 1.46. The number of thioether (sulfide) groups is 1. The molecule has 92 valence electrons. The molecule has 0 atom stereocenters. The monoisotopic (exact) mass is 253 g/mol. The molecule has 0 aliphatic heterocycles. The van der Waals surface area contributed by atoms with Crippen molar-refractivity contribution in [1.82, 2.24) is 5.32 Å². The Morgan fingerprint density at radius 2 is 2.00 bits per heavy atom. The SMILES string of the molecule is CCOC(=O)CNC(=O)CSc1ccccc1. The third-order valence-corrected chi connectivity index (χ3v) is 2.86. The van der Waals surface area contributed by atoms with Crippen molar-refractivity contribution in [2.24, 2.45) is 0 Å². The number of carbonyl (C=O) groups excluding carboxylic acids is 2. The summed E-state index contributed by atoms with van der Waals surface area (Å²) in [6.07, 6.45) is 0. The third kappa shape index (κ3) is 5.97. The fraction of sp³-hybridized carbons (Fsp3) is 0.333. The van der Waals surface area contributed by atoms with Gasteiger partial charge in [-0.05, 0) is 19.1 Å². The molecule has 0 aliphatic rings. The maximum absolute atomic E-state index is 11.4. The molecule has 17 heavy (non-hydrogen) atoms. The highest BCUT2D eigenvalue weighted by Gasteiger charge is 2.06.